The van der Waals surface area contributed by atoms with Crippen LogP contribution in [0.4, 0.5) is 11.4 Å². The second kappa shape index (κ2) is 5.16. The highest BCUT2D eigenvalue weighted by Crippen LogP contribution is 2.20. The van der Waals surface area contributed by atoms with E-state index in [1.54, 1.807) is 19.2 Å². The maximum absolute atomic E-state index is 12.0. The average molecular weight is 278 g/mol. The predicted molar refractivity (Wildman–Crippen MR) is 75.5 cm³/mol. The van der Waals surface area contributed by atoms with Crippen LogP contribution in [0.3, 0.4) is 0 Å². The molecule has 2 aromatic rings. The van der Waals surface area contributed by atoms with Crippen LogP contribution < -0.4 is 16.6 Å². The van der Waals surface area contributed by atoms with Gasteiger partial charge in [-0.2, -0.15) is 0 Å². The van der Waals surface area contributed by atoms with E-state index in [0.29, 0.717) is 16.4 Å². The molecule has 19 heavy (non-hydrogen) atoms. The van der Waals surface area contributed by atoms with Crippen molar-refractivity contribution in [3.63, 3.8) is 0 Å². The highest BCUT2D eigenvalue weighted by atomic mass is 35.5. The normalized spacial score (nSPS) is 10.2. The van der Waals surface area contributed by atoms with Crippen LogP contribution in [0.1, 0.15) is 10.4 Å². The summed E-state index contributed by atoms with van der Waals surface area (Å²) in [6.45, 7) is 0. The fourth-order valence-corrected chi connectivity index (χ4v) is 1.79. The third-order valence-corrected chi connectivity index (χ3v) is 2.91. The second-order valence-electron chi connectivity index (χ2n) is 4.06. The minimum atomic E-state index is -0.379. The minimum absolute atomic E-state index is 0.153. The maximum atomic E-state index is 12.0. The van der Waals surface area contributed by atoms with Gasteiger partial charge in [-0.1, -0.05) is 11.6 Å². The zero-order valence-electron chi connectivity index (χ0n) is 10.2. The number of hydrogen-bond acceptors (Lipinski definition) is 3. The van der Waals surface area contributed by atoms with Crippen molar-refractivity contribution in [1.29, 1.82) is 0 Å². The van der Waals surface area contributed by atoms with E-state index in [1.807, 2.05) is 0 Å². The molecule has 0 aliphatic rings. The Morgan fingerprint density at radius 3 is 2.74 bits per heavy atom. The molecule has 0 bridgehead atoms. The molecule has 1 heterocycles. The van der Waals surface area contributed by atoms with Crippen LogP contribution in [0.15, 0.2) is 41.3 Å². The Bertz CT molecular complexity index is 695. The van der Waals surface area contributed by atoms with Gasteiger partial charge in [-0.3, -0.25) is 9.59 Å². The lowest BCUT2D eigenvalue weighted by Gasteiger charge is -2.08. The molecule has 5 nitrogen and oxygen atoms in total. The molecule has 0 fully saturated rings. The molecule has 1 aromatic carbocycles. The number of aromatic nitrogens is 1. The third kappa shape index (κ3) is 2.95. The Morgan fingerprint density at radius 2 is 2.05 bits per heavy atom. The smallest absolute Gasteiger partial charge is 0.257 e. The van der Waals surface area contributed by atoms with Gasteiger partial charge in [0, 0.05) is 25.0 Å². The molecule has 6 heteroatoms. The molecular formula is C13H12ClN3O2. The van der Waals surface area contributed by atoms with Gasteiger partial charge in [0.2, 0.25) is 5.56 Å². The fourth-order valence-electron chi connectivity index (χ4n) is 1.58. The summed E-state index contributed by atoms with van der Waals surface area (Å²) in [6, 6.07) is 7.58. The van der Waals surface area contributed by atoms with Crippen molar-refractivity contribution >= 4 is 28.9 Å². The fraction of sp³-hybridized carbons (Fsp3) is 0.0769. The number of nitrogens with two attached hydrogens (primary N) is 1. The highest BCUT2D eigenvalue weighted by Gasteiger charge is 2.11. The third-order valence-electron chi connectivity index (χ3n) is 2.58. The van der Waals surface area contributed by atoms with Crippen LogP contribution in [0.25, 0.3) is 0 Å². The van der Waals surface area contributed by atoms with E-state index in [4.69, 9.17) is 17.3 Å². The Kier molecular flexibility index (Phi) is 3.57. The summed E-state index contributed by atoms with van der Waals surface area (Å²) < 4.78 is 1.37. The summed E-state index contributed by atoms with van der Waals surface area (Å²) in [5.74, 6) is -0.379. The molecule has 1 aromatic heterocycles. The first-order valence-corrected chi connectivity index (χ1v) is 5.88. The van der Waals surface area contributed by atoms with Crippen LogP contribution in [0.2, 0.25) is 5.02 Å². The molecule has 0 aliphatic heterocycles. The van der Waals surface area contributed by atoms with Gasteiger partial charge in [-0.15, -0.1) is 0 Å². The molecule has 1 amide bonds. The summed E-state index contributed by atoms with van der Waals surface area (Å²) in [4.78, 5) is 23.3. The quantitative estimate of drug-likeness (QED) is 0.823. The standard InChI is InChI=1S/C13H12ClN3O2/c1-17-7-9(3-5-12(17)18)16-13(19)10-6-8(15)2-4-11(10)14/h2-7H,15H2,1H3,(H,16,19). The van der Waals surface area contributed by atoms with Gasteiger partial charge in [0.1, 0.15) is 0 Å². The number of carbonyl (C=O) groups is 1. The Hall–Kier alpha value is -2.27. The van der Waals surface area contributed by atoms with Crippen molar-refractivity contribution in [3.8, 4) is 0 Å². The lowest BCUT2D eigenvalue weighted by molar-refractivity contribution is 0.102. The van der Waals surface area contributed by atoms with E-state index in [0.717, 1.165) is 0 Å². The maximum Gasteiger partial charge on any atom is 0.257 e. The van der Waals surface area contributed by atoms with Crippen LogP contribution in [-0.4, -0.2) is 10.5 Å². The Balaban J connectivity index is 2.28. The van der Waals surface area contributed by atoms with E-state index >= 15 is 0 Å². The highest BCUT2D eigenvalue weighted by molar-refractivity contribution is 6.34. The number of amides is 1. The number of aryl methyl sites for hydroxylation is 1. The second-order valence-corrected chi connectivity index (χ2v) is 4.47. The van der Waals surface area contributed by atoms with E-state index in [9.17, 15) is 9.59 Å². The van der Waals surface area contributed by atoms with E-state index < -0.39 is 0 Å². The van der Waals surface area contributed by atoms with Crippen molar-refractivity contribution < 1.29 is 4.79 Å². The largest absolute Gasteiger partial charge is 0.399 e. The number of hydrogen-bond donors (Lipinski definition) is 2. The first-order valence-electron chi connectivity index (χ1n) is 5.50. The molecule has 98 valence electrons. The number of anilines is 2. The molecule has 2 rings (SSSR count). The van der Waals surface area contributed by atoms with E-state index in [1.165, 1.54) is 29.0 Å². The lowest BCUT2D eigenvalue weighted by atomic mass is 10.2. The van der Waals surface area contributed by atoms with Gasteiger partial charge < -0.3 is 15.6 Å². The lowest BCUT2D eigenvalue weighted by Crippen LogP contribution is -2.18. The monoisotopic (exact) mass is 277 g/mol. The SMILES string of the molecule is Cn1cc(NC(=O)c2cc(N)ccc2Cl)ccc1=O. The number of nitrogens with one attached hydrogen (secondary N) is 1. The topological polar surface area (TPSA) is 77.1 Å². The van der Waals surface area contributed by atoms with Crippen LogP contribution in [0, 0.1) is 0 Å². The van der Waals surface area contributed by atoms with Crippen molar-refractivity contribution in [1.82, 2.24) is 4.57 Å². The summed E-state index contributed by atoms with van der Waals surface area (Å²) in [7, 11) is 1.60. The van der Waals surface area contributed by atoms with Crippen molar-refractivity contribution in [2.24, 2.45) is 7.05 Å². The average Bonchev–Trinajstić information content (AvgIpc) is 2.36. The van der Waals surface area contributed by atoms with Crippen LogP contribution in [-0.2, 0) is 7.05 Å². The molecular weight excluding hydrogens is 266 g/mol. The number of rotatable bonds is 2. The van der Waals surface area contributed by atoms with Crippen molar-refractivity contribution in [2.75, 3.05) is 11.1 Å². The van der Waals surface area contributed by atoms with Crippen molar-refractivity contribution in [3.05, 3.63) is 57.5 Å². The van der Waals surface area contributed by atoms with Gasteiger partial charge in [-0.05, 0) is 24.3 Å². The number of nitrogens with zero attached hydrogens (tertiary/aromatic N) is 1. The number of carbonyl (C=O) groups excluding carboxylic acids is 1. The zero-order chi connectivity index (χ0) is 14.0. The number of benzene rings is 1. The predicted octanol–water partition coefficient (Wildman–Crippen LogP) is 1.87. The summed E-state index contributed by atoms with van der Waals surface area (Å²) in [6.07, 6.45) is 1.53. The van der Waals surface area contributed by atoms with Gasteiger partial charge in [0.05, 0.1) is 16.3 Å². The molecule has 3 N–H and O–H groups in total. The van der Waals surface area contributed by atoms with Gasteiger partial charge in [-0.25, -0.2) is 0 Å². The van der Waals surface area contributed by atoms with Crippen LogP contribution in [0.5, 0.6) is 0 Å². The molecule has 0 unspecified atom stereocenters. The Morgan fingerprint density at radius 1 is 1.32 bits per heavy atom. The first kappa shape index (κ1) is 13.2. The number of pyridine rings is 1. The summed E-state index contributed by atoms with van der Waals surface area (Å²) in [5.41, 5.74) is 6.71. The number of halogens is 1. The summed E-state index contributed by atoms with van der Waals surface area (Å²) in [5, 5.41) is 2.97. The zero-order valence-corrected chi connectivity index (χ0v) is 10.9. The molecule has 0 saturated heterocycles. The van der Waals surface area contributed by atoms with Gasteiger partial charge >= 0.3 is 0 Å². The molecule has 0 spiro atoms. The Labute approximate surface area is 114 Å². The summed E-state index contributed by atoms with van der Waals surface area (Å²) >= 11 is 5.94. The van der Waals surface area contributed by atoms with E-state index in [-0.39, 0.29) is 17.0 Å². The van der Waals surface area contributed by atoms with Crippen molar-refractivity contribution in [2.45, 2.75) is 0 Å². The minimum Gasteiger partial charge on any atom is -0.399 e. The van der Waals surface area contributed by atoms with Crippen LogP contribution >= 0.6 is 11.6 Å². The molecule has 0 radical (unpaired) electrons. The van der Waals surface area contributed by atoms with E-state index in [2.05, 4.69) is 5.32 Å². The molecule has 0 aliphatic carbocycles. The first-order chi connectivity index (χ1) is 8.97. The molecule has 0 atom stereocenters. The molecule has 0 saturated carbocycles. The van der Waals surface area contributed by atoms with Gasteiger partial charge in [0.25, 0.3) is 5.91 Å². The van der Waals surface area contributed by atoms with Gasteiger partial charge in [0.15, 0.2) is 0 Å². The number of nitrogen functional groups attached to an aromatic ring is 1.